The Morgan fingerprint density at radius 3 is 2.52 bits per heavy atom. The molecule has 118 valence electrons. The van der Waals surface area contributed by atoms with Crippen molar-refractivity contribution in [2.24, 2.45) is 0 Å². The molecule has 0 heterocycles. The molecule has 0 aliphatic heterocycles. The van der Waals surface area contributed by atoms with E-state index in [1.54, 1.807) is 0 Å². The minimum atomic E-state index is 0.175. The van der Waals surface area contributed by atoms with E-state index in [2.05, 4.69) is 39.0 Å². The van der Waals surface area contributed by atoms with Crippen molar-refractivity contribution in [3.05, 3.63) is 34.9 Å². The van der Waals surface area contributed by atoms with E-state index in [1.807, 2.05) is 0 Å². The number of hydrogen-bond donors (Lipinski definition) is 0. The van der Waals surface area contributed by atoms with Gasteiger partial charge in [0.15, 0.2) is 5.78 Å². The first-order valence-corrected chi connectivity index (χ1v) is 7.86. The molecule has 0 saturated heterocycles. The summed E-state index contributed by atoms with van der Waals surface area (Å²) in [5, 5.41) is 0. The zero-order valence-corrected chi connectivity index (χ0v) is 13.6. The van der Waals surface area contributed by atoms with Crippen molar-refractivity contribution in [1.29, 1.82) is 0 Å². The molecule has 0 unspecified atom stereocenters. The normalized spacial score (nSPS) is 10.8. The summed E-state index contributed by atoms with van der Waals surface area (Å²) in [7, 11) is 0. The van der Waals surface area contributed by atoms with Gasteiger partial charge in [-0.2, -0.15) is 0 Å². The van der Waals surface area contributed by atoms with E-state index in [9.17, 15) is 4.79 Å². The summed E-state index contributed by atoms with van der Waals surface area (Å²) in [6.07, 6.45) is 3.43. The van der Waals surface area contributed by atoms with Crippen LogP contribution in [0.5, 0.6) is 0 Å². The van der Waals surface area contributed by atoms with Gasteiger partial charge in [0.2, 0.25) is 0 Å². The molecule has 0 atom stereocenters. The third-order valence-electron chi connectivity index (χ3n) is 3.48. The standard InChI is InChI=1S/C18H28O3/c1-4-10-20-11-12-21-14-18(19)7-5-6-17-9-8-15(2)16(3)13-17/h8-9,13H,4-7,10-12,14H2,1-3H3. The zero-order valence-electron chi connectivity index (χ0n) is 13.6. The SMILES string of the molecule is CCCOCCOCC(=O)CCCc1ccc(C)c(C)c1. The van der Waals surface area contributed by atoms with Crippen LogP contribution < -0.4 is 0 Å². The average Bonchev–Trinajstić information content (AvgIpc) is 2.46. The summed E-state index contributed by atoms with van der Waals surface area (Å²) in [6, 6.07) is 6.50. The highest BCUT2D eigenvalue weighted by Gasteiger charge is 2.03. The van der Waals surface area contributed by atoms with Gasteiger partial charge in [0.05, 0.1) is 13.2 Å². The van der Waals surface area contributed by atoms with E-state index in [0.717, 1.165) is 25.9 Å². The molecule has 0 radical (unpaired) electrons. The summed E-state index contributed by atoms with van der Waals surface area (Å²) < 4.78 is 10.6. The summed E-state index contributed by atoms with van der Waals surface area (Å²) >= 11 is 0. The van der Waals surface area contributed by atoms with Crippen LogP contribution in [0.25, 0.3) is 0 Å². The smallest absolute Gasteiger partial charge is 0.158 e. The van der Waals surface area contributed by atoms with Crippen LogP contribution in [-0.4, -0.2) is 32.2 Å². The van der Waals surface area contributed by atoms with E-state index in [4.69, 9.17) is 9.47 Å². The lowest BCUT2D eigenvalue weighted by molar-refractivity contribution is -0.124. The monoisotopic (exact) mass is 292 g/mol. The van der Waals surface area contributed by atoms with Crippen molar-refractivity contribution < 1.29 is 14.3 Å². The summed E-state index contributed by atoms with van der Waals surface area (Å²) in [4.78, 5) is 11.7. The van der Waals surface area contributed by atoms with Gasteiger partial charge < -0.3 is 9.47 Å². The number of ketones is 1. The number of rotatable bonds is 11. The second-order valence-electron chi connectivity index (χ2n) is 5.48. The molecule has 0 aromatic heterocycles. The topological polar surface area (TPSA) is 35.5 Å². The van der Waals surface area contributed by atoms with Crippen molar-refractivity contribution in [2.75, 3.05) is 26.4 Å². The fraction of sp³-hybridized carbons (Fsp3) is 0.611. The van der Waals surface area contributed by atoms with Crippen molar-refractivity contribution in [2.45, 2.75) is 46.5 Å². The first-order chi connectivity index (χ1) is 10.1. The number of benzene rings is 1. The van der Waals surface area contributed by atoms with Crippen molar-refractivity contribution in [1.82, 2.24) is 0 Å². The van der Waals surface area contributed by atoms with Gasteiger partial charge in [0.25, 0.3) is 0 Å². The van der Waals surface area contributed by atoms with E-state index in [1.165, 1.54) is 16.7 Å². The highest BCUT2D eigenvalue weighted by Crippen LogP contribution is 2.12. The molecule has 0 amide bonds. The van der Waals surface area contributed by atoms with Crippen LogP contribution in [0, 0.1) is 13.8 Å². The Morgan fingerprint density at radius 2 is 1.81 bits per heavy atom. The maximum absolute atomic E-state index is 11.7. The van der Waals surface area contributed by atoms with Crippen molar-refractivity contribution in [3.63, 3.8) is 0 Å². The molecule has 1 aromatic carbocycles. The quantitative estimate of drug-likeness (QED) is 0.584. The van der Waals surface area contributed by atoms with Crippen LogP contribution in [-0.2, 0) is 20.7 Å². The molecule has 21 heavy (non-hydrogen) atoms. The number of aryl methyl sites for hydroxylation is 3. The fourth-order valence-corrected chi connectivity index (χ4v) is 2.07. The maximum Gasteiger partial charge on any atom is 0.158 e. The third kappa shape index (κ3) is 7.98. The first-order valence-electron chi connectivity index (χ1n) is 7.86. The predicted octanol–water partition coefficient (Wildman–Crippen LogP) is 3.64. The molecule has 0 bridgehead atoms. The van der Waals surface area contributed by atoms with Crippen LogP contribution in [0.1, 0.15) is 42.9 Å². The molecular weight excluding hydrogens is 264 g/mol. The number of carbonyl (C=O) groups is 1. The van der Waals surface area contributed by atoms with E-state index < -0.39 is 0 Å². The number of ether oxygens (including phenoxy) is 2. The van der Waals surface area contributed by atoms with E-state index in [0.29, 0.717) is 19.6 Å². The largest absolute Gasteiger partial charge is 0.379 e. The summed E-state index contributed by atoms with van der Waals surface area (Å²) in [6.45, 7) is 8.35. The zero-order chi connectivity index (χ0) is 15.5. The Balaban J connectivity index is 2.09. The van der Waals surface area contributed by atoms with Crippen LogP contribution >= 0.6 is 0 Å². The Hall–Kier alpha value is -1.19. The second kappa shape index (κ2) is 10.5. The third-order valence-corrected chi connectivity index (χ3v) is 3.48. The van der Waals surface area contributed by atoms with Crippen LogP contribution in [0.15, 0.2) is 18.2 Å². The second-order valence-corrected chi connectivity index (χ2v) is 5.48. The molecular formula is C18H28O3. The average molecular weight is 292 g/mol. The fourth-order valence-electron chi connectivity index (χ4n) is 2.07. The Kier molecular flexibility index (Phi) is 8.95. The highest BCUT2D eigenvalue weighted by atomic mass is 16.5. The molecule has 0 spiro atoms. The number of carbonyl (C=O) groups excluding carboxylic acids is 1. The van der Waals surface area contributed by atoms with E-state index >= 15 is 0 Å². The number of Topliss-reactive ketones (excluding diaryl/α,β-unsaturated/α-hetero) is 1. The van der Waals surface area contributed by atoms with Crippen LogP contribution in [0.3, 0.4) is 0 Å². The van der Waals surface area contributed by atoms with Gasteiger partial charge in [-0.05, 0) is 49.8 Å². The number of hydrogen-bond acceptors (Lipinski definition) is 3. The summed E-state index contributed by atoms with van der Waals surface area (Å²) in [5.41, 5.74) is 3.93. The highest BCUT2D eigenvalue weighted by molar-refractivity contribution is 5.79. The molecule has 1 rings (SSSR count). The van der Waals surface area contributed by atoms with Crippen molar-refractivity contribution in [3.8, 4) is 0 Å². The maximum atomic E-state index is 11.7. The minimum absolute atomic E-state index is 0.175. The van der Waals surface area contributed by atoms with Gasteiger partial charge in [-0.1, -0.05) is 25.1 Å². The lowest BCUT2D eigenvalue weighted by atomic mass is 10.0. The van der Waals surface area contributed by atoms with Crippen LogP contribution in [0.4, 0.5) is 0 Å². The Labute approximate surface area is 128 Å². The van der Waals surface area contributed by atoms with Crippen molar-refractivity contribution >= 4 is 5.78 Å². The lowest BCUT2D eigenvalue weighted by Crippen LogP contribution is -2.12. The molecule has 3 nitrogen and oxygen atoms in total. The Bertz CT molecular complexity index is 426. The summed E-state index contributed by atoms with van der Waals surface area (Å²) in [5.74, 6) is 0.175. The molecule has 1 aromatic rings. The van der Waals surface area contributed by atoms with Gasteiger partial charge in [0.1, 0.15) is 6.61 Å². The molecule has 0 N–H and O–H groups in total. The first kappa shape index (κ1) is 17.9. The lowest BCUT2D eigenvalue weighted by Gasteiger charge is -2.06. The predicted molar refractivity (Wildman–Crippen MR) is 85.8 cm³/mol. The molecule has 0 aliphatic carbocycles. The molecule has 0 fully saturated rings. The van der Waals surface area contributed by atoms with Gasteiger partial charge in [-0.15, -0.1) is 0 Å². The molecule has 0 saturated carbocycles. The van der Waals surface area contributed by atoms with Gasteiger partial charge in [0, 0.05) is 13.0 Å². The molecule has 0 aliphatic rings. The van der Waals surface area contributed by atoms with E-state index in [-0.39, 0.29) is 12.4 Å². The molecule has 3 heteroatoms. The minimum Gasteiger partial charge on any atom is -0.379 e. The van der Waals surface area contributed by atoms with Gasteiger partial charge in [-0.25, -0.2) is 0 Å². The van der Waals surface area contributed by atoms with Crippen LogP contribution in [0.2, 0.25) is 0 Å². The Morgan fingerprint density at radius 1 is 1.05 bits per heavy atom. The van der Waals surface area contributed by atoms with Gasteiger partial charge in [-0.3, -0.25) is 4.79 Å². The van der Waals surface area contributed by atoms with Gasteiger partial charge >= 0.3 is 0 Å².